The Bertz CT molecular complexity index is 277. The molecule has 0 aromatic heterocycles. The molecule has 1 heterocycles. The number of rotatable bonds is 3. The van der Waals surface area contributed by atoms with Crippen LogP contribution in [-0.4, -0.2) is 36.1 Å². The van der Waals surface area contributed by atoms with Gasteiger partial charge in [-0.15, -0.1) is 0 Å². The van der Waals surface area contributed by atoms with Gasteiger partial charge < -0.3 is 5.32 Å². The van der Waals surface area contributed by atoms with Crippen LogP contribution >= 0.6 is 0 Å². The highest BCUT2D eigenvalue weighted by Gasteiger charge is 2.39. The summed E-state index contributed by atoms with van der Waals surface area (Å²) in [5.41, 5.74) is 0.369. The third-order valence-electron chi connectivity index (χ3n) is 5.46. The summed E-state index contributed by atoms with van der Waals surface area (Å²) < 4.78 is 0. The van der Waals surface area contributed by atoms with Crippen LogP contribution in [0, 0.1) is 11.8 Å². The molecule has 0 radical (unpaired) electrons. The highest BCUT2D eigenvalue weighted by molar-refractivity contribution is 4.97. The van der Waals surface area contributed by atoms with E-state index in [4.69, 9.17) is 0 Å². The van der Waals surface area contributed by atoms with Crippen LogP contribution in [0.1, 0.15) is 58.8 Å². The van der Waals surface area contributed by atoms with Gasteiger partial charge in [0.25, 0.3) is 0 Å². The summed E-state index contributed by atoms with van der Waals surface area (Å²) in [4.78, 5) is 2.79. The van der Waals surface area contributed by atoms with Crippen molar-refractivity contribution in [1.82, 2.24) is 10.2 Å². The third-order valence-corrected chi connectivity index (χ3v) is 5.46. The molecule has 1 unspecified atom stereocenters. The molecule has 0 amide bonds. The molecule has 3 aliphatic rings. The van der Waals surface area contributed by atoms with E-state index >= 15 is 0 Å². The van der Waals surface area contributed by atoms with E-state index < -0.39 is 0 Å². The molecule has 2 aliphatic carbocycles. The van der Waals surface area contributed by atoms with Gasteiger partial charge in [-0.3, -0.25) is 4.90 Å². The first-order valence-electron chi connectivity index (χ1n) is 8.13. The van der Waals surface area contributed by atoms with Gasteiger partial charge >= 0.3 is 0 Å². The molecular formula is C16H30N2. The van der Waals surface area contributed by atoms with Gasteiger partial charge in [-0.25, -0.2) is 0 Å². The summed E-state index contributed by atoms with van der Waals surface area (Å²) in [5, 5.41) is 3.86. The lowest BCUT2D eigenvalue weighted by molar-refractivity contribution is 0.0403. The summed E-state index contributed by atoms with van der Waals surface area (Å²) in [6.07, 6.45) is 10.3. The molecule has 1 N–H and O–H groups in total. The van der Waals surface area contributed by atoms with Gasteiger partial charge in [0.05, 0.1) is 0 Å². The van der Waals surface area contributed by atoms with E-state index in [1.54, 1.807) is 0 Å². The highest BCUT2D eigenvalue weighted by Crippen LogP contribution is 2.35. The predicted molar refractivity (Wildman–Crippen MR) is 76.7 cm³/mol. The Labute approximate surface area is 113 Å². The van der Waals surface area contributed by atoms with Gasteiger partial charge in [-0.05, 0) is 51.4 Å². The first kappa shape index (κ1) is 12.9. The molecule has 0 bridgehead atoms. The van der Waals surface area contributed by atoms with Crippen molar-refractivity contribution in [3.8, 4) is 0 Å². The maximum absolute atomic E-state index is 3.86. The van der Waals surface area contributed by atoms with Crippen molar-refractivity contribution in [3.63, 3.8) is 0 Å². The van der Waals surface area contributed by atoms with Gasteiger partial charge in [0.2, 0.25) is 0 Å². The maximum atomic E-state index is 3.86. The number of piperazine rings is 1. The van der Waals surface area contributed by atoms with Crippen molar-refractivity contribution in [2.75, 3.05) is 19.6 Å². The lowest BCUT2D eigenvalue weighted by Gasteiger charge is -2.48. The van der Waals surface area contributed by atoms with Crippen LogP contribution in [0.5, 0.6) is 0 Å². The summed E-state index contributed by atoms with van der Waals surface area (Å²) in [6.45, 7) is 8.67. The molecule has 1 atom stereocenters. The lowest BCUT2D eigenvalue weighted by atomic mass is 9.81. The molecule has 104 valence electrons. The molecule has 3 rings (SSSR count). The molecule has 3 fully saturated rings. The van der Waals surface area contributed by atoms with Crippen molar-refractivity contribution in [2.24, 2.45) is 11.8 Å². The number of hydrogen-bond acceptors (Lipinski definition) is 2. The summed E-state index contributed by atoms with van der Waals surface area (Å²) in [5.74, 6) is 1.98. The average Bonchev–Trinajstić information content (AvgIpc) is 3.17. The fourth-order valence-electron chi connectivity index (χ4n) is 3.83. The number of hydrogen-bond donors (Lipinski definition) is 1. The molecule has 1 saturated heterocycles. The maximum Gasteiger partial charge on any atom is 0.0278 e. The molecule has 18 heavy (non-hydrogen) atoms. The van der Waals surface area contributed by atoms with E-state index in [-0.39, 0.29) is 0 Å². The molecule has 2 nitrogen and oxygen atoms in total. The van der Waals surface area contributed by atoms with E-state index in [2.05, 4.69) is 24.1 Å². The second-order valence-electron chi connectivity index (χ2n) is 7.55. The van der Waals surface area contributed by atoms with Gasteiger partial charge in [0.15, 0.2) is 0 Å². The van der Waals surface area contributed by atoms with Crippen LogP contribution in [0.3, 0.4) is 0 Å². The largest absolute Gasteiger partial charge is 0.311 e. The lowest BCUT2D eigenvalue weighted by Crippen LogP contribution is -2.64. The molecule has 0 aromatic carbocycles. The summed E-state index contributed by atoms with van der Waals surface area (Å²) >= 11 is 0. The standard InChI is InChI=1S/C16H30N2/c1-16(2)12-17-15(14-6-4-3-5-7-14)11-18(16)10-13-8-9-13/h13-15,17H,3-12H2,1-2H3. The van der Waals surface area contributed by atoms with Crippen molar-refractivity contribution >= 4 is 0 Å². The SMILES string of the molecule is CC1(C)CNC(C2CCCCC2)CN1CC1CC1. The van der Waals surface area contributed by atoms with Crippen LogP contribution in [0.25, 0.3) is 0 Å². The molecular weight excluding hydrogens is 220 g/mol. The predicted octanol–water partition coefficient (Wildman–Crippen LogP) is 3.03. The minimum Gasteiger partial charge on any atom is -0.311 e. The topological polar surface area (TPSA) is 15.3 Å². The first-order chi connectivity index (χ1) is 8.65. The Morgan fingerprint density at radius 2 is 1.78 bits per heavy atom. The normalized spacial score (nSPS) is 34.7. The van der Waals surface area contributed by atoms with Crippen molar-refractivity contribution in [2.45, 2.75) is 70.4 Å². The summed E-state index contributed by atoms with van der Waals surface area (Å²) in [7, 11) is 0. The Balaban J connectivity index is 1.60. The van der Waals surface area contributed by atoms with Gasteiger partial charge in [0.1, 0.15) is 0 Å². The second kappa shape index (κ2) is 5.13. The van der Waals surface area contributed by atoms with Gasteiger partial charge in [-0.2, -0.15) is 0 Å². The quantitative estimate of drug-likeness (QED) is 0.828. The smallest absolute Gasteiger partial charge is 0.0278 e. The van der Waals surface area contributed by atoms with E-state index in [0.717, 1.165) is 17.9 Å². The first-order valence-corrected chi connectivity index (χ1v) is 8.13. The monoisotopic (exact) mass is 250 g/mol. The van der Waals surface area contributed by atoms with Crippen molar-refractivity contribution in [3.05, 3.63) is 0 Å². The van der Waals surface area contributed by atoms with Crippen molar-refractivity contribution in [1.29, 1.82) is 0 Å². The number of nitrogens with zero attached hydrogens (tertiary/aromatic N) is 1. The zero-order chi connectivity index (χ0) is 12.6. The van der Waals surface area contributed by atoms with E-state index in [1.807, 2.05) is 0 Å². The minimum absolute atomic E-state index is 0.369. The van der Waals surface area contributed by atoms with Gasteiger partial charge in [-0.1, -0.05) is 19.3 Å². The van der Waals surface area contributed by atoms with E-state index in [0.29, 0.717) is 5.54 Å². The molecule has 0 aromatic rings. The molecule has 0 spiro atoms. The second-order valence-corrected chi connectivity index (χ2v) is 7.55. The Hall–Kier alpha value is -0.0800. The Morgan fingerprint density at radius 3 is 2.44 bits per heavy atom. The van der Waals surface area contributed by atoms with Crippen LogP contribution in [0.4, 0.5) is 0 Å². The highest BCUT2D eigenvalue weighted by atomic mass is 15.3. The fourth-order valence-corrected chi connectivity index (χ4v) is 3.83. The number of nitrogens with one attached hydrogen (secondary N) is 1. The average molecular weight is 250 g/mol. The van der Waals surface area contributed by atoms with E-state index in [1.165, 1.54) is 64.6 Å². The van der Waals surface area contributed by atoms with Crippen LogP contribution in [0.15, 0.2) is 0 Å². The molecule has 2 saturated carbocycles. The molecule has 2 heteroatoms. The zero-order valence-corrected chi connectivity index (χ0v) is 12.3. The Kier molecular flexibility index (Phi) is 3.68. The molecule has 1 aliphatic heterocycles. The van der Waals surface area contributed by atoms with Crippen molar-refractivity contribution < 1.29 is 0 Å². The van der Waals surface area contributed by atoms with Gasteiger partial charge in [0, 0.05) is 31.2 Å². The third kappa shape index (κ3) is 2.91. The van der Waals surface area contributed by atoms with Crippen LogP contribution < -0.4 is 5.32 Å². The Morgan fingerprint density at radius 1 is 1.06 bits per heavy atom. The van der Waals surface area contributed by atoms with E-state index in [9.17, 15) is 0 Å². The van der Waals surface area contributed by atoms with Crippen LogP contribution in [0.2, 0.25) is 0 Å². The fraction of sp³-hybridized carbons (Fsp3) is 1.00. The van der Waals surface area contributed by atoms with Crippen LogP contribution in [-0.2, 0) is 0 Å². The minimum atomic E-state index is 0.369. The zero-order valence-electron chi connectivity index (χ0n) is 12.3. The summed E-state index contributed by atoms with van der Waals surface area (Å²) in [6, 6.07) is 0.775.